The summed E-state index contributed by atoms with van der Waals surface area (Å²) in [7, 11) is 0. The number of ether oxygens (including phenoxy) is 2. The Hall–Kier alpha value is -3.02. The van der Waals surface area contributed by atoms with Crippen LogP contribution in [0, 0.1) is 5.41 Å². The lowest BCUT2D eigenvalue weighted by atomic mass is 9.89. The number of hydrogen-bond donors (Lipinski definition) is 2. The second-order valence-electron chi connectivity index (χ2n) is 18.5. The quantitative estimate of drug-likeness (QED) is 0.0518. The predicted molar refractivity (Wildman–Crippen MR) is 247 cm³/mol. The first-order chi connectivity index (χ1) is 28.7. The number of phenols is 2. The number of carbonyl (C=O) groups is 2. The molecule has 336 valence electrons. The minimum Gasteiger partial charge on any atom is -0.508 e. The fourth-order valence-electron chi connectivity index (χ4n) is 8.33. The molecule has 0 aliphatic rings. The molecule has 59 heavy (non-hydrogen) atoms. The van der Waals surface area contributed by atoms with Crippen LogP contribution in [0.5, 0.6) is 11.5 Å². The SMILES string of the molecule is CCCCCCCCCCCCCCCC(CC(=O)OCC(C)(C)COC(=O)CC(CCCCCCCCCCCCCCC)c1ccccc1O)c1ccccc1O. The molecular weight excluding hydrogens is 733 g/mol. The highest BCUT2D eigenvalue weighted by atomic mass is 16.5. The average Bonchev–Trinajstić information content (AvgIpc) is 3.22. The summed E-state index contributed by atoms with van der Waals surface area (Å²) in [4.78, 5) is 26.4. The number of hydrogen-bond acceptors (Lipinski definition) is 6. The number of esters is 2. The molecule has 0 radical (unpaired) electrons. The molecule has 2 rings (SSSR count). The summed E-state index contributed by atoms with van der Waals surface area (Å²) in [5, 5.41) is 21.3. The van der Waals surface area contributed by atoms with Crippen molar-refractivity contribution in [1.82, 2.24) is 0 Å². The largest absolute Gasteiger partial charge is 0.508 e. The normalized spacial score (nSPS) is 12.7. The number of unbranched alkanes of at least 4 members (excludes halogenated alkanes) is 24. The van der Waals surface area contributed by atoms with Gasteiger partial charge in [-0.25, -0.2) is 0 Å². The van der Waals surface area contributed by atoms with Crippen LogP contribution in [0.4, 0.5) is 0 Å². The van der Waals surface area contributed by atoms with Crippen molar-refractivity contribution >= 4 is 11.9 Å². The highest BCUT2D eigenvalue weighted by Crippen LogP contribution is 2.35. The molecule has 6 heteroatoms. The molecule has 0 aliphatic heterocycles. The fourth-order valence-corrected chi connectivity index (χ4v) is 8.33. The Kier molecular flexibility index (Phi) is 29.7. The fraction of sp³-hybridized carbons (Fsp3) is 0.736. The van der Waals surface area contributed by atoms with Crippen LogP contribution in [-0.4, -0.2) is 35.4 Å². The molecule has 2 N–H and O–H groups in total. The molecule has 6 nitrogen and oxygen atoms in total. The van der Waals surface area contributed by atoms with Gasteiger partial charge in [0.25, 0.3) is 0 Å². The van der Waals surface area contributed by atoms with Gasteiger partial charge in [-0.1, -0.05) is 231 Å². The van der Waals surface area contributed by atoms with E-state index in [0.29, 0.717) is 0 Å². The van der Waals surface area contributed by atoms with E-state index in [2.05, 4.69) is 13.8 Å². The summed E-state index contributed by atoms with van der Waals surface area (Å²) in [5.41, 5.74) is 1.04. The van der Waals surface area contributed by atoms with E-state index in [4.69, 9.17) is 9.47 Å². The lowest BCUT2D eigenvalue weighted by Crippen LogP contribution is -2.29. The van der Waals surface area contributed by atoms with Gasteiger partial charge in [0.2, 0.25) is 0 Å². The third-order valence-electron chi connectivity index (χ3n) is 12.1. The first kappa shape index (κ1) is 52.1. The average molecular weight is 821 g/mol. The van der Waals surface area contributed by atoms with Gasteiger partial charge in [0.15, 0.2) is 0 Å². The van der Waals surface area contributed by atoms with E-state index in [1.54, 1.807) is 12.1 Å². The van der Waals surface area contributed by atoms with E-state index in [0.717, 1.165) is 49.7 Å². The van der Waals surface area contributed by atoms with Crippen LogP contribution < -0.4 is 0 Å². The first-order valence-corrected chi connectivity index (χ1v) is 24.5. The van der Waals surface area contributed by atoms with Crippen LogP contribution in [0.25, 0.3) is 0 Å². The van der Waals surface area contributed by atoms with E-state index < -0.39 is 5.41 Å². The minimum atomic E-state index is -0.565. The Labute approximate surface area is 362 Å². The molecule has 0 fully saturated rings. The summed E-state index contributed by atoms with van der Waals surface area (Å²) in [6.07, 6.45) is 35.6. The second-order valence-corrected chi connectivity index (χ2v) is 18.5. The van der Waals surface area contributed by atoms with Crippen molar-refractivity contribution in [2.45, 2.75) is 232 Å². The number of para-hydroxylation sites is 2. The smallest absolute Gasteiger partial charge is 0.306 e. The Morgan fingerprint density at radius 3 is 1.02 bits per heavy atom. The molecule has 0 spiro atoms. The van der Waals surface area contributed by atoms with Crippen molar-refractivity contribution in [3.8, 4) is 11.5 Å². The molecule has 0 aliphatic carbocycles. The molecular formula is C53H88O6. The van der Waals surface area contributed by atoms with E-state index in [1.807, 2.05) is 50.2 Å². The minimum absolute atomic E-state index is 0.112. The van der Waals surface area contributed by atoms with E-state index in [1.165, 1.54) is 141 Å². The van der Waals surface area contributed by atoms with Crippen LogP contribution in [0.2, 0.25) is 0 Å². The zero-order valence-corrected chi connectivity index (χ0v) is 38.4. The van der Waals surface area contributed by atoms with Crippen molar-refractivity contribution in [2.75, 3.05) is 13.2 Å². The van der Waals surface area contributed by atoms with Gasteiger partial charge in [-0.3, -0.25) is 9.59 Å². The molecule has 0 saturated carbocycles. The van der Waals surface area contributed by atoms with Gasteiger partial charge >= 0.3 is 11.9 Å². The van der Waals surface area contributed by atoms with Crippen LogP contribution in [0.15, 0.2) is 48.5 Å². The van der Waals surface area contributed by atoms with Gasteiger partial charge in [-0.05, 0) is 47.9 Å². The summed E-state index contributed by atoms with van der Waals surface area (Å²) < 4.78 is 11.6. The molecule has 0 saturated heterocycles. The van der Waals surface area contributed by atoms with Crippen molar-refractivity contribution in [3.63, 3.8) is 0 Å². The van der Waals surface area contributed by atoms with Crippen molar-refractivity contribution in [2.24, 2.45) is 5.41 Å². The van der Waals surface area contributed by atoms with Gasteiger partial charge in [-0.15, -0.1) is 0 Å². The number of carbonyl (C=O) groups excluding carboxylic acids is 2. The molecule has 0 aromatic heterocycles. The summed E-state index contributed by atoms with van der Waals surface area (Å²) in [6, 6.07) is 14.7. The Morgan fingerprint density at radius 1 is 0.458 bits per heavy atom. The van der Waals surface area contributed by atoms with Crippen LogP contribution in [0.1, 0.15) is 243 Å². The van der Waals surface area contributed by atoms with Crippen LogP contribution >= 0.6 is 0 Å². The molecule has 0 amide bonds. The molecule has 0 heterocycles. The van der Waals surface area contributed by atoms with Crippen LogP contribution in [0.3, 0.4) is 0 Å². The van der Waals surface area contributed by atoms with E-state index in [-0.39, 0.29) is 61.3 Å². The molecule has 2 atom stereocenters. The standard InChI is InChI=1S/C53H88O6/c1-5-7-9-11-13-15-17-19-21-23-25-27-29-35-45(47-37-31-33-39-49(47)54)41-51(56)58-43-53(3,4)44-59-52(57)42-46(48-38-32-34-40-50(48)55)36-30-28-26-24-22-20-18-16-14-12-10-8-6-2/h31-34,37-40,45-46,54-55H,5-30,35-36,41-44H2,1-4H3. The summed E-state index contributed by atoms with van der Waals surface area (Å²) in [6.45, 7) is 8.68. The third kappa shape index (κ3) is 26.0. The summed E-state index contributed by atoms with van der Waals surface area (Å²) in [5.74, 6) is -0.376. The molecule has 0 bridgehead atoms. The van der Waals surface area contributed by atoms with Gasteiger partial charge < -0.3 is 19.7 Å². The van der Waals surface area contributed by atoms with Crippen molar-refractivity contribution in [3.05, 3.63) is 59.7 Å². The van der Waals surface area contributed by atoms with Crippen molar-refractivity contribution in [1.29, 1.82) is 0 Å². The van der Waals surface area contributed by atoms with Crippen LogP contribution in [-0.2, 0) is 19.1 Å². The van der Waals surface area contributed by atoms with E-state index in [9.17, 15) is 19.8 Å². The highest BCUT2D eigenvalue weighted by Gasteiger charge is 2.27. The monoisotopic (exact) mass is 821 g/mol. The topological polar surface area (TPSA) is 93.1 Å². The Morgan fingerprint density at radius 2 is 0.729 bits per heavy atom. The number of benzene rings is 2. The third-order valence-corrected chi connectivity index (χ3v) is 12.1. The zero-order chi connectivity index (χ0) is 42.8. The lowest BCUT2D eigenvalue weighted by molar-refractivity contribution is -0.153. The lowest BCUT2D eigenvalue weighted by Gasteiger charge is -2.25. The number of phenolic OH excluding ortho intramolecular Hbond substituents is 2. The Bertz CT molecular complexity index is 1240. The zero-order valence-electron chi connectivity index (χ0n) is 38.4. The van der Waals surface area contributed by atoms with E-state index >= 15 is 0 Å². The highest BCUT2D eigenvalue weighted by molar-refractivity contribution is 5.71. The maximum Gasteiger partial charge on any atom is 0.306 e. The maximum atomic E-state index is 13.2. The predicted octanol–water partition coefficient (Wildman–Crippen LogP) is 15.8. The summed E-state index contributed by atoms with van der Waals surface area (Å²) >= 11 is 0. The molecule has 2 aromatic rings. The second kappa shape index (κ2) is 33.7. The number of aromatic hydroxyl groups is 2. The van der Waals surface area contributed by atoms with Gasteiger partial charge in [0, 0.05) is 5.41 Å². The van der Waals surface area contributed by atoms with Gasteiger partial charge in [0.05, 0.1) is 26.1 Å². The number of rotatable bonds is 38. The molecule has 2 aromatic carbocycles. The van der Waals surface area contributed by atoms with Gasteiger partial charge in [-0.2, -0.15) is 0 Å². The maximum absolute atomic E-state index is 13.2. The van der Waals surface area contributed by atoms with Crippen molar-refractivity contribution < 1.29 is 29.3 Å². The Balaban J connectivity index is 1.74. The first-order valence-electron chi connectivity index (χ1n) is 24.5. The molecule has 2 unspecified atom stereocenters. The van der Waals surface area contributed by atoms with Gasteiger partial charge in [0.1, 0.15) is 11.5 Å².